The van der Waals surface area contributed by atoms with Gasteiger partial charge >= 0.3 is 0 Å². The predicted molar refractivity (Wildman–Crippen MR) is 108 cm³/mol. The average Bonchev–Trinajstić information content (AvgIpc) is 3.30. The van der Waals surface area contributed by atoms with Gasteiger partial charge in [0.25, 0.3) is 0 Å². The molecule has 0 aliphatic rings. The zero-order chi connectivity index (χ0) is 19.7. The number of aryl methyl sites for hydroxylation is 1. The molecule has 7 nitrogen and oxygen atoms in total. The molecule has 3 heterocycles. The van der Waals surface area contributed by atoms with Gasteiger partial charge in [0, 0.05) is 18.0 Å². The molecule has 4 rings (SSSR count). The Kier molecular flexibility index (Phi) is 5.05. The summed E-state index contributed by atoms with van der Waals surface area (Å²) in [5.41, 5.74) is 2.20. The van der Waals surface area contributed by atoms with E-state index >= 15 is 0 Å². The second kappa shape index (κ2) is 7.64. The summed E-state index contributed by atoms with van der Waals surface area (Å²) in [4.78, 5) is 25.5. The van der Waals surface area contributed by atoms with Crippen molar-refractivity contribution < 1.29 is 9.18 Å². The molecule has 28 heavy (non-hydrogen) atoms. The van der Waals surface area contributed by atoms with Gasteiger partial charge in [-0.25, -0.2) is 19.3 Å². The molecule has 1 N–H and O–H groups in total. The number of nitrogens with one attached hydrogen (secondary N) is 1. The van der Waals surface area contributed by atoms with Crippen molar-refractivity contribution in [3.63, 3.8) is 0 Å². The van der Waals surface area contributed by atoms with Gasteiger partial charge in [-0.15, -0.1) is 11.3 Å². The van der Waals surface area contributed by atoms with Crippen LogP contribution in [0.25, 0.3) is 22.3 Å². The van der Waals surface area contributed by atoms with Gasteiger partial charge in [-0.1, -0.05) is 11.8 Å². The van der Waals surface area contributed by atoms with Crippen LogP contribution in [-0.2, 0) is 11.8 Å². The van der Waals surface area contributed by atoms with Crippen LogP contribution in [0.15, 0.2) is 47.2 Å². The molecule has 0 spiro atoms. The second-order valence-electron chi connectivity index (χ2n) is 5.98. The summed E-state index contributed by atoms with van der Waals surface area (Å²) in [6.07, 6.45) is 3.16. The van der Waals surface area contributed by atoms with Crippen molar-refractivity contribution in [2.75, 3.05) is 5.32 Å². The van der Waals surface area contributed by atoms with E-state index in [0.29, 0.717) is 21.5 Å². The third-order valence-electron chi connectivity index (χ3n) is 4.02. The fourth-order valence-electron chi connectivity index (χ4n) is 2.55. The Morgan fingerprint density at radius 2 is 2.07 bits per heavy atom. The number of halogens is 1. The third-order valence-corrected chi connectivity index (χ3v) is 5.90. The van der Waals surface area contributed by atoms with Crippen molar-refractivity contribution in [3.8, 4) is 11.3 Å². The van der Waals surface area contributed by atoms with Crippen LogP contribution in [0.4, 0.5) is 9.52 Å². The van der Waals surface area contributed by atoms with Crippen LogP contribution in [0.1, 0.15) is 6.92 Å². The average molecular weight is 414 g/mol. The number of carbonyl (C=O) groups excluding carboxylic acids is 1. The van der Waals surface area contributed by atoms with Gasteiger partial charge in [-0.05, 0) is 31.2 Å². The molecule has 0 bridgehead atoms. The van der Waals surface area contributed by atoms with E-state index in [4.69, 9.17) is 0 Å². The maximum atomic E-state index is 13.1. The van der Waals surface area contributed by atoms with Crippen molar-refractivity contribution in [1.29, 1.82) is 0 Å². The number of nitrogens with zero attached hydrogens (tertiary/aromatic N) is 5. The SMILES string of the molecule is C[C@@H](Sc1ncnc2c1cnn2C)C(=O)Nc1nc(-c2ccc(F)cc2)cs1. The number of benzene rings is 1. The van der Waals surface area contributed by atoms with E-state index in [2.05, 4.69) is 25.4 Å². The molecular formula is C18H15FN6OS2. The number of carbonyl (C=O) groups is 1. The molecule has 1 atom stereocenters. The van der Waals surface area contributed by atoms with Gasteiger partial charge < -0.3 is 5.32 Å². The van der Waals surface area contributed by atoms with E-state index in [1.165, 1.54) is 41.6 Å². The standard InChI is InChI=1S/C18H15FN6OS2/c1-10(28-17-13-7-22-25(2)15(13)20-9-21-17)16(26)24-18-23-14(8-27-18)11-3-5-12(19)6-4-11/h3-10H,1-2H3,(H,23,24,26)/t10-/m1/s1. The van der Waals surface area contributed by atoms with E-state index in [1.807, 2.05) is 5.38 Å². The fraction of sp³-hybridized carbons (Fsp3) is 0.167. The molecular weight excluding hydrogens is 399 g/mol. The molecule has 3 aromatic heterocycles. The topological polar surface area (TPSA) is 85.6 Å². The van der Waals surface area contributed by atoms with Crippen molar-refractivity contribution in [1.82, 2.24) is 24.7 Å². The summed E-state index contributed by atoms with van der Waals surface area (Å²) < 4.78 is 14.7. The summed E-state index contributed by atoms with van der Waals surface area (Å²) in [6.45, 7) is 1.80. The van der Waals surface area contributed by atoms with Crippen LogP contribution in [-0.4, -0.2) is 35.9 Å². The highest BCUT2D eigenvalue weighted by Gasteiger charge is 2.19. The van der Waals surface area contributed by atoms with Crippen LogP contribution >= 0.6 is 23.1 Å². The largest absolute Gasteiger partial charge is 0.301 e. The Labute approximate surface area is 168 Å². The van der Waals surface area contributed by atoms with Crippen LogP contribution < -0.4 is 5.32 Å². The number of thioether (sulfide) groups is 1. The van der Waals surface area contributed by atoms with Crippen LogP contribution in [0.2, 0.25) is 0 Å². The molecule has 142 valence electrons. The molecule has 4 aromatic rings. The number of hydrogen-bond donors (Lipinski definition) is 1. The minimum atomic E-state index is -0.392. The zero-order valence-corrected chi connectivity index (χ0v) is 16.6. The second-order valence-corrected chi connectivity index (χ2v) is 8.17. The molecule has 0 saturated carbocycles. The highest BCUT2D eigenvalue weighted by atomic mass is 32.2. The summed E-state index contributed by atoms with van der Waals surface area (Å²) in [5.74, 6) is -0.480. The lowest BCUT2D eigenvalue weighted by molar-refractivity contribution is -0.115. The summed E-state index contributed by atoms with van der Waals surface area (Å²) in [5, 5.41) is 10.4. The first kappa shape index (κ1) is 18.5. The van der Waals surface area contributed by atoms with Crippen LogP contribution in [0, 0.1) is 5.82 Å². The van der Waals surface area contributed by atoms with Gasteiger partial charge in [0.1, 0.15) is 17.2 Å². The van der Waals surface area contributed by atoms with Crippen molar-refractivity contribution in [2.45, 2.75) is 17.2 Å². The number of aromatic nitrogens is 5. The maximum absolute atomic E-state index is 13.1. The molecule has 0 unspecified atom stereocenters. The van der Waals surface area contributed by atoms with Gasteiger partial charge in [0.2, 0.25) is 5.91 Å². The lowest BCUT2D eigenvalue weighted by atomic mass is 10.2. The van der Waals surface area contributed by atoms with Gasteiger partial charge in [-0.3, -0.25) is 9.48 Å². The minimum absolute atomic E-state index is 0.180. The number of hydrogen-bond acceptors (Lipinski definition) is 7. The van der Waals surface area contributed by atoms with E-state index in [0.717, 1.165) is 10.9 Å². The van der Waals surface area contributed by atoms with Gasteiger partial charge in [0.05, 0.1) is 22.5 Å². The van der Waals surface area contributed by atoms with E-state index in [9.17, 15) is 9.18 Å². The van der Waals surface area contributed by atoms with E-state index in [-0.39, 0.29) is 11.7 Å². The van der Waals surface area contributed by atoms with Crippen LogP contribution in [0.5, 0.6) is 0 Å². The molecule has 10 heteroatoms. The lowest BCUT2D eigenvalue weighted by Gasteiger charge is -2.10. The Bertz CT molecular complexity index is 1140. The first-order chi connectivity index (χ1) is 13.5. The Hall–Kier alpha value is -2.85. The molecule has 0 aliphatic carbocycles. The van der Waals surface area contributed by atoms with Crippen molar-refractivity contribution in [2.24, 2.45) is 7.05 Å². The first-order valence-electron chi connectivity index (χ1n) is 8.33. The number of thiazole rings is 1. The number of fused-ring (bicyclic) bond motifs is 1. The quantitative estimate of drug-likeness (QED) is 0.395. The normalized spacial score (nSPS) is 12.2. The first-order valence-corrected chi connectivity index (χ1v) is 10.1. The lowest BCUT2D eigenvalue weighted by Crippen LogP contribution is -2.22. The Morgan fingerprint density at radius 1 is 1.29 bits per heavy atom. The summed E-state index contributed by atoms with van der Waals surface area (Å²) >= 11 is 2.66. The zero-order valence-electron chi connectivity index (χ0n) is 15.0. The fourth-order valence-corrected chi connectivity index (χ4v) is 4.15. The van der Waals surface area contributed by atoms with Gasteiger partial charge in [0.15, 0.2) is 10.8 Å². The smallest absolute Gasteiger partial charge is 0.239 e. The third kappa shape index (κ3) is 3.73. The molecule has 1 aromatic carbocycles. The van der Waals surface area contributed by atoms with Crippen molar-refractivity contribution >= 4 is 45.2 Å². The maximum Gasteiger partial charge on any atom is 0.239 e. The number of rotatable bonds is 5. The molecule has 0 radical (unpaired) electrons. The van der Waals surface area contributed by atoms with E-state index < -0.39 is 5.25 Å². The van der Waals surface area contributed by atoms with E-state index in [1.54, 1.807) is 37.0 Å². The minimum Gasteiger partial charge on any atom is -0.301 e. The molecule has 1 amide bonds. The molecule has 0 aliphatic heterocycles. The van der Waals surface area contributed by atoms with Gasteiger partial charge in [-0.2, -0.15) is 5.10 Å². The van der Waals surface area contributed by atoms with Crippen LogP contribution in [0.3, 0.4) is 0 Å². The highest BCUT2D eigenvalue weighted by Crippen LogP contribution is 2.29. The molecule has 0 fully saturated rings. The highest BCUT2D eigenvalue weighted by molar-refractivity contribution is 8.00. The number of anilines is 1. The monoisotopic (exact) mass is 414 g/mol. The Morgan fingerprint density at radius 3 is 2.86 bits per heavy atom. The summed E-state index contributed by atoms with van der Waals surface area (Å²) in [6, 6.07) is 6.07. The Balaban J connectivity index is 1.45. The van der Waals surface area contributed by atoms with Crippen molar-refractivity contribution in [3.05, 3.63) is 48.0 Å². The number of amides is 1. The summed E-state index contributed by atoms with van der Waals surface area (Å²) in [7, 11) is 1.81. The molecule has 0 saturated heterocycles. The predicted octanol–water partition coefficient (Wildman–Crippen LogP) is 3.75.